The smallest absolute Gasteiger partial charge is 0.335 e. The van der Waals surface area contributed by atoms with Crippen molar-refractivity contribution in [3.05, 3.63) is 58.9 Å². The first-order chi connectivity index (χ1) is 10.1. The molecule has 0 bridgehead atoms. The topological polar surface area (TPSA) is 72.6 Å². The Kier molecular flexibility index (Phi) is 3.50. The van der Waals surface area contributed by atoms with E-state index < -0.39 is 5.97 Å². The van der Waals surface area contributed by atoms with Gasteiger partial charge in [0, 0.05) is 5.02 Å². The van der Waals surface area contributed by atoms with Crippen LogP contribution in [0.3, 0.4) is 0 Å². The number of carbonyl (C=O) groups is 1. The molecular formula is C15H10ClNO4. The molecule has 5 nitrogen and oxygen atoms in total. The molecule has 0 aliphatic carbocycles. The van der Waals surface area contributed by atoms with Crippen LogP contribution >= 0.6 is 11.6 Å². The Morgan fingerprint density at radius 1 is 1.24 bits per heavy atom. The molecule has 106 valence electrons. The molecule has 6 heteroatoms. The van der Waals surface area contributed by atoms with Gasteiger partial charge in [-0.1, -0.05) is 11.6 Å². The largest absolute Gasteiger partial charge is 0.484 e. The molecule has 0 radical (unpaired) electrons. The average molecular weight is 304 g/mol. The van der Waals surface area contributed by atoms with Crippen LogP contribution in [0.15, 0.2) is 46.9 Å². The number of aromatic nitrogens is 1. The molecule has 0 aliphatic heterocycles. The van der Waals surface area contributed by atoms with Crippen LogP contribution < -0.4 is 4.74 Å². The van der Waals surface area contributed by atoms with E-state index in [4.69, 9.17) is 25.9 Å². The maximum absolute atomic E-state index is 10.9. The van der Waals surface area contributed by atoms with Crippen molar-refractivity contribution in [2.45, 2.75) is 6.61 Å². The molecule has 2 aromatic carbocycles. The van der Waals surface area contributed by atoms with Crippen molar-refractivity contribution in [2.24, 2.45) is 0 Å². The van der Waals surface area contributed by atoms with E-state index in [9.17, 15) is 4.79 Å². The summed E-state index contributed by atoms with van der Waals surface area (Å²) in [6.07, 6.45) is 0. The molecule has 1 N–H and O–H groups in total. The Balaban J connectivity index is 1.78. The lowest BCUT2D eigenvalue weighted by atomic mass is 10.2. The van der Waals surface area contributed by atoms with Crippen LogP contribution in [0, 0.1) is 0 Å². The molecule has 0 aliphatic rings. The highest BCUT2D eigenvalue weighted by atomic mass is 35.5. The lowest BCUT2D eigenvalue weighted by molar-refractivity contribution is 0.0697. The number of oxazole rings is 1. The summed E-state index contributed by atoms with van der Waals surface area (Å²) < 4.78 is 11.0. The third-order valence-electron chi connectivity index (χ3n) is 2.85. The minimum Gasteiger partial charge on any atom is -0.484 e. The fraction of sp³-hybridized carbons (Fsp3) is 0.0667. The highest BCUT2D eigenvalue weighted by molar-refractivity contribution is 6.30. The summed E-state index contributed by atoms with van der Waals surface area (Å²) in [6.45, 7) is 0.152. The fourth-order valence-corrected chi connectivity index (χ4v) is 1.97. The first-order valence-corrected chi connectivity index (χ1v) is 6.51. The normalized spacial score (nSPS) is 10.7. The Bertz CT molecular complexity index is 795. The van der Waals surface area contributed by atoms with Crippen LogP contribution in [0.25, 0.3) is 11.1 Å². The Morgan fingerprint density at radius 3 is 2.71 bits per heavy atom. The third-order valence-corrected chi connectivity index (χ3v) is 3.11. The minimum atomic E-state index is -1.00. The van der Waals surface area contributed by atoms with Crippen LogP contribution in [0.4, 0.5) is 0 Å². The maximum atomic E-state index is 10.9. The molecule has 0 unspecified atom stereocenters. The summed E-state index contributed by atoms with van der Waals surface area (Å²) >= 11 is 5.79. The third kappa shape index (κ3) is 2.98. The molecule has 3 aromatic rings. The van der Waals surface area contributed by atoms with Crippen LogP contribution in [0.1, 0.15) is 16.2 Å². The standard InChI is InChI=1S/C15H10ClNO4/c16-10-2-4-11(5-3-10)20-8-14-17-12-7-9(15(18)19)1-6-13(12)21-14/h1-7H,8H2,(H,18,19). The van der Waals surface area contributed by atoms with Gasteiger partial charge in [0.2, 0.25) is 5.89 Å². The second-order valence-corrected chi connectivity index (χ2v) is 4.77. The van der Waals surface area contributed by atoms with Crippen LogP contribution in [0.2, 0.25) is 5.02 Å². The average Bonchev–Trinajstić information content (AvgIpc) is 2.88. The molecule has 1 heterocycles. The van der Waals surface area contributed by atoms with Gasteiger partial charge >= 0.3 is 5.97 Å². The van der Waals surface area contributed by atoms with E-state index in [0.29, 0.717) is 27.8 Å². The Morgan fingerprint density at radius 2 is 2.00 bits per heavy atom. The lowest BCUT2D eigenvalue weighted by Gasteiger charge is -2.02. The highest BCUT2D eigenvalue weighted by Crippen LogP contribution is 2.20. The number of aromatic carboxylic acids is 1. The van der Waals surface area contributed by atoms with Gasteiger partial charge in [0.05, 0.1) is 5.56 Å². The zero-order valence-electron chi connectivity index (χ0n) is 10.7. The SMILES string of the molecule is O=C(O)c1ccc2oc(COc3ccc(Cl)cc3)nc2c1. The molecule has 0 saturated carbocycles. The number of carboxylic acids is 1. The van der Waals surface area contributed by atoms with Gasteiger partial charge in [-0.05, 0) is 42.5 Å². The molecule has 3 rings (SSSR count). The van der Waals surface area contributed by atoms with Crippen molar-refractivity contribution in [3.63, 3.8) is 0 Å². The van der Waals surface area contributed by atoms with E-state index in [1.54, 1.807) is 30.3 Å². The van der Waals surface area contributed by atoms with Crippen LogP contribution in [-0.4, -0.2) is 16.1 Å². The molecule has 0 atom stereocenters. The van der Waals surface area contributed by atoms with E-state index >= 15 is 0 Å². The maximum Gasteiger partial charge on any atom is 0.335 e. The Hall–Kier alpha value is -2.53. The van der Waals surface area contributed by atoms with Gasteiger partial charge in [0.15, 0.2) is 12.2 Å². The van der Waals surface area contributed by atoms with Crippen molar-refractivity contribution >= 4 is 28.7 Å². The number of halogens is 1. The first-order valence-electron chi connectivity index (χ1n) is 6.13. The monoisotopic (exact) mass is 303 g/mol. The minimum absolute atomic E-state index is 0.152. The van der Waals surface area contributed by atoms with Crippen molar-refractivity contribution in [3.8, 4) is 5.75 Å². The van der Waals surface area contributed by atoms with Gasteiger partial charge < -0.3 is 14.3 Å². The molecule has 0 spiro atoms. The summed E-state index contributed by atoms with van der Waals surface area (Å²) in [6, 6.07) is 11.5. The number of carboxylic acid groups (broad SMARTS) is 1. The second kappa shape index (κ2) is 5.46. The molecule has 1 aromatic heterocycles. The number of rotatable bonds is 4. The van der Waals surface area contributed by atoms with Crippen LogP contribution in [-0.2, 0) is 6.61 Å². The van der Waals surface area contributed by atoms with E-state index in [2.05, 4.69) is 4.98 Å². The Labute approximate surface area is 124 Å². The summed E-state index contributed by atoms with van der Waals surface area (Å²) in [7, 11) is 0. The predicted molar refractivity (Wildman–Crippen MR) is 76.8 cm³/mol. The van der Waals surface area contributed by atoms with Gasteiger partial charge in [0.25, 0.3) is 0 Å². The number of ether oxygens (including phenoxy) is 1. The van der Waals surface area contributed by atoms with Crippen molar-refractivity contribution in [1.82, 2.24) is 4.98 Å². The molecule has 0 amide bonds. The first kappa shape index (κ1) is 13.5. The number of hydrogen-bond donors (Lipinski definition) is 1. The highest BCUT2D eigenvalue weighted by Gasteiger charge is 2.10. The van der Waals surface area contributed by atoms with E-state index in [0.717, 1.165) is 0 Å². The number of nitrogens with zero attached hydrogens (tertiary/aromatic N) is 1. The van der Waals surface area contributed by atoms with Gasteiger partial charge in [-0.2, -0.15) is 0 Å². The molecule has 0 fully saturated rings. The van der Waals surface area contributed by atoms with Gasteiger partial charge in [-0.15, -0.1) is 0 Å². The van der Waals surface area contributed by atoms with Crippen molar-refractivity contribution in [2.75, 3.05) is 0 Å². The zero-order valence-corrected chi connectivity index (χ0v) is 11.5. The van der Waals surface area contributed by atoms with E-state index in [1.165, 1.54) is 12.1 Å². The lowest BCUT2D eigenvalue weighted by Crippen LogP contribution is -1.95. The summed E-state index contributed by atoms with van der Waals surface area (Å²) in [5.74, 6) is 0.0224. The summed E-state index contributed by atoms with van der Waals surface area (Å²) in [5, 5.41) is 9.56. The molecular weight excluding hydrogens is 294 g/mol. The van der Waals surface area contributed by atoms with Crippen LogP contribution in [0.5, 0.6) is 5.75 Å². The summed E-state index contributed by atoms with van der Waals surface area (Å²) in [5.41, 5.74) is 1.18. The van der Waals surface area contributed by atoms with E-state index in [1.807, 2.05) is 0 Å². The molecule has 21 heavy (non-hydrogen) atoms. The second-order valence-electron chi connectivity index (χ2n) is 4.34. The summed E-state index contributed by atoms with van der Waals surface area (Å²) in [4.78, 5) is 15.1. The number of hydrogen-bond acceptors (Lipinski definition) is 4. The van der Waals surface area contributed by atoms with Crippen molar-refractivity contribution < 1.29 is 19.1 Å². The predicted octanol–water partition coefficient (Wildman–Crippen LogP) is 3.76. The van der Waals surface area contributed by atoms with E-state index in [-0.39, 0.29) is 12.2 Å². The van der Waals surface area contributed by atoms with Gasteiger partial charge in [-0.25, -0.2) is 9.78 Å². The quantitative estimate of drug-likeness (QED) is 0.794. The van der Waals surface area contributed by atoms with Crippen molar-refractivity contribution in [1.29, 1.82) is 0 Å². The van der Waals surface area contributed by atoms with Gasteiger partial charge in [0.1, 0.15) is 11.3 Å². The molecule has 0 saturated heterocycles. The number of benzene rings is 2. The van der Waals surface area contributed by atoms with Gasteiger partial charge in [-0.3, -0.25) is 0 Å². The number of fused-ring (bicyclic) bond motifs is 1. The fourth-order valence-electron chi connectivity index (χ4n) is 1.85. The zero-order chi connectivity index (χ0) is 14.8.